The van der Waals surface area contributed by atoms with Gasteiger partial charge in [0.15, 0.2) is 12.4 Å². The van der Waals surface area contributed by atoms with Crippen LogP contribution in [0.25, 0.3) is 6.08 Å². The van der Waals surface area contributed by atoms with E-state index in [1.54, 1.807) is 51.5 Å². The van der Waals surface area contributed by atoms with Crippen molar-refractivity contribution < 1.29 is 19.1 Å². The number of benzene rings is 2. The third-order valence-electron chi connectivity index (χ3n) is 3.60. The molecule has 0 aliphatic heterocycles. The third-order valence-corrected chi connectivity index (χ3v) is 4.22. The fraction of sp³-hybridized carbons (Fsp3) is 0.200. The number of ketones is 1. The molecular weight excluding hydrogens is 398 g/mol. The second-order valence-corrected chi connectivity index (χ2v) is 6.55. The van der Waals surface area contributed by atoms with Crippen molar-refractivity contribution >= 4 is 33.7 Å². The fourth-order valence-electron chi connectivity index (χ4n) is 2.04. The Morgan fingerprint density at radius 1 is 1.12 bits per heavy atom. The first-order valence-electron chi connectivity index (χ1n) is 7.89. The van der Waals surface area contributed by atoms with Crippen molar-refractivity contribution in [3.8, 4) is 11.5 Å². The van der Waals surface area contributed by atoms with E-state index in [1.165, 1.54) is 11.0 Å². The van der Waals surface area contributed by atoms with Gasteiger partial charge >= 0.3 is 0 Å². The van der Waals surface area contributed by atoms with Crippen LogP contribution in [-0.2, 0) is 4.79 Å². The number of hydrogen-bond acceptors (Lipinski definition) is 4. The topological polar surface area (TPSA) is 55.8 Å². The first-order chi connectivity index (χ1) is 12.4. The van der Waals surface area contributed by atoms with Gasteiger partial charge in [-0.1, -0.05) is 12.1 Å². The summed E-state index contributed by atoms with van der Waals surface area (Å²) in [5.74, 6) is 1.03. The molecule has 0 N–H and O–H groups in total. The van der Waals surface area contributed by atoms with E-state index in [9.17, 15) is 9.59 Å². The molecule has 0 saturated heterocycles. The molecule has 1 amide bonds. The molecule has 2 aromatic rings. The number of likely N-dealkylation sites (N-methyl/N-ethyl adjacent to an activating group) is 1. The Kier molecular flexibility index (Phi) is 6.97. The van der Waals surface area contributed by atoms with Crippen LogP contribution >= 0.6 is 15.9 Å². The second kappa shape index (κ2) is 9.20. The zero-order chi connectivity index (χ0) is 19.1. The van der Waals surface area contributed by atoms with E-state index in [-0.39, 0.29) is 18.3 Å². The Labute approximate surface area is 161 Å². The molecule has 0 radical (unpaired) electrons. The van der Waals surface area contributed by atoms with Crippen molar-refractivity contribution in [3.05, 3.63) is 64.1 Å². The molecule has 0 atom stereocenters. The largest absolute Gasteiger partial charge is 0.496 e. The summed E-state index contributed by atoms with van der Waals surface area (Å²) in [7, 11) is 4.94. The van der Waals surface area contributed by atoms with Gasteiger partial charge in [-0.15, -0.1) is 0 Å². The van der Waals surface area contributed by atoms with Crippen molar-refractivity contribution in [3.63, 3.8) is 0 Å². The van der Waals surface area contributed by atoms with Gasteiger partial charge in [-0.2, -0.15) is 0 Å². The molecule has 0 bridgehead atoms. The highest BCUT2D eigenvalue weighted by Gasteiger charge is 2.06. The number of carbonyl (C=O) groups excluding carboxylic acids is 2. The standard InChI is InChI=1S/C20H20BrNO4/c1-22(2)20(24)13-26-16-8-6-15(7-9-16)18(23)10-4-14-5-11-19(25-3)17(21)12-14/h4-12H,13H2,1-3H3/b10-4+. The molecule has 6 heteroatoms. The maximum absolute atomic E-state index is 12.3. The van der Waals surface area contributed by atoms with Crippen LogP contribution < -0.4 is 9.47 Å². The van der Waals surface area contributed by atoms with E-state index in [0.29, 0.717) is 11.3 Å². The molecule has 0 unspecified atom stereocenters. The SMILES string of the molecule is COc1ccc(/C=C/C(=O)c2ccc(OCC(=O)N(C)C)cc2)cc1Br. The molecule has 2 aromatic carbocycles. The van der Waals surface area contributed by atoms with Crippen molar-refractivity contribution in [2.24, 2.45) is 0 Å². The smallest absolute Gasteiger partial charge is 0.259 e. The van der Waals surface area contributed by atoms with Crippen LogP contribution in [0.2, 0.25) is 0 Å². The molecule has 0 heterocycles. The third kappa shape index (κ3) is 5.46. The van der Waals surface area contributed by atoms with E-state index in [1.807, 2.05) is 18.2 Å². The van der Waals surface area contributed by atoms with Gasteiger partial charge < -0.3 is 14.4 Å². The van der Waals surface area contributed by atoms with Gasteiger partial charge in [0.25, 0.3) is 5.91 Å². The molecule has 26 heavy (non-hydrogen) atoms. The van der Waals surface area contributed by atoms with Crippen molar-refractivity contribution in [2.75, 3.05) is 27.8 Å². The average Bonchev–Trinajstić information content (AvgIpc) is 2.64. The quantitative estimate of drug-likeness (QED) is 0.507. The Morgan fingerprint density at radius 3 is 2.38 bits per heavy atom. The van der Waals surface area contributed by atoms with Crippen molar-refractivity contribution in [2.45, 2.75) is 0 Å². The Balaban J connectivity index is 1.99. The maximum Gasteiger partial charge on any atom is 0.259 e. The zero-order valence-electron chi connectivity index (χ0n) is 14.9. The highest BCUT2D eigenvalue weighted by Crippen LogP contribution is 2.26. The summed E-state index contributed by atoms with van der Waals surface area (Å²) in [6.45, 7) is -0.0352. The Morgan fingerprint density at radius 2 is 1.81 bits per heavy atom. The molecular formula is C20H20BrNO4. The Bertz CT molecular complexity index is 813. The lowest BCUT2D eigenvalue weighted by Crippen LogP contribution is -2.27. The van der Waals surface area contributed by atoms with Crippen LogP contribution in [0, 0.1) is 0 Å². The number of rotatable bonds is 7. The van der Waals surface area contributed by atoms with Gasteiger partial charge in [0.05, 0.1) is 11.6 Å². The zero-order valence-corrected chi connectivity index (χ0v) is 16.4. The minimum absolute atomic E-state index is 0.0352. The summed E-state index contributed by atoms with van der Waals surface area (Å²) >= 11 is 3.42. The monoisotopic (exact) mass is 417 g/mol. The molecule has 0 fully saturated rings. The number of carbonyl (C=O) groups is 2. The highest BCUT2D eigenvalue weighted by atomic mass is 79.9. The second-order valence-electron chi connectivity index (χ2n) is 5.69. The van der Waals surface area contributed by atoms with E-state index in [4.69, 9.17) is 9.47 Å². The molecule has 0 spiro atoms. The maximum atomic E-state index is 12.3. The summed E-state index contributed by atoms with van der Waals surface area (Å²) < 4.78 is 11.4. The molecule has 0 aromatic heterocycles. The van der Waals surface area contributed by atoms with E-state index in [0.717, 1.165) is 15.8 Å². The van der Waals surface area contributed by atoms with Crippen LogP contribution in [0.15, 0.2) is 53.0 Å². The molecule has 0 aliphatic carbocycles. The summed E-state index contributed by atoms with van der Waals surface area (Å²) in [4.78, 5) is 25.2. The van der Waals surface area contributed by atoms with Crippen LogP contribution in [-0.4, -0.2) is 44.4 Å². The number of hydrogen-bond donors (Lipinski definition) is 0. The van der Waals surface area contributed by atoms with Crippen LogP contribution in [0.4, 0.5) is 0 Å². The van der Waals surface area contributed by atoms with Gasteiger partial charge in [-0.3, -0.25) is 9.59 Å². The lowest BCUT2D eigenvalue weighted by Gasteiger charge is -2.11. The predicted molar refractivity (Wildman–Crippen MR) is 105 cm³/mol. The summed E-state index contributed by atoms with van der Waals surface area (Å²) in [6.07, 6.45) is 3.26. The van der Waals surface area contributed by atoms with E-state index < -0.39 is 0 Å². The van der Waals surface area contributed by atoms with Gasteiger partial charge in [0, 0.05) is 19.7 Å². The molecule has 5 nitrogen and oxygen atoms in total. The molecule has 136 valence electrons. The minimum Gasteiger partial charge on any atom is -0.496 e. The van der Waals surface area contributed by atoms with Gasteiger partial charge in [0.1, 0.15) is 11.5 Å². The van der Waals surface area contributed by atoms with Crippen molar-refractivity contribution in [1.82, 2.24) is 4.90 Å². The number of methoxy groups -OCH3 is 1. The highest BCUT2D eigenvalue weighted by molar-refractivity contribution is 9.10. The normalized spacial score (nSPS) is 10.6. The van der Waals surface area contributed by atoms with Gasteiger partial charge in [-0.05, 0) is 64.0 Å². The van der Waals surface area contributed by atoms with E-state index in [2.05, 4.69) is 15.9 Å². The van der Waals surface area contributed by atoms with E-state index >= 15 is 0 Å². The van der Waals surface area contributed by atoms with Crippen molar-refractivity contribution in [1.29, 1.82) is 0 Å². The predicted octanol–water partition coefficient (Wildman–Crippen LogP) is 3.82. The number of halogens is 1. The van der Waals surface area contributed by atoms with Gasteiger partial charge in [0.2, 0.25) is 0 Å². The first kappa shape index (κ1) is 19.7. The molecule has 0 aliphatic rings. The Hall–Kier alpha value is -2.60. The van der Waals surface area contributed by atoms with Gasteiger partial charge in [-0.25, -0.2) is 0 Å². The number of nitrogens with zero attached hydrogens (tertiary/aromatic N) is 1. The van der Waals surface area contributed by atoms with Crippen LogP contribution in [0.1, 0.15) is 15.9 Å². The molecule has 0 saturated carbocycles. The summed E-state index contributed by atoms with van der Waals surface area (Å²) in [5.41, 5.74) is 1.42. The first-order valence-corrected chi connectivity index (χ1v) is 8.69. The lowest BCUT2D eigenvalue weighted by molar-refractivity contribution is -0.130. The summed E-state index contributed by atoms with van der Waals surface area (Å²) in [6, 6.07) is 12.3. The number of allylic oxidation sites excluding steroid dienone is 1. The average molecular weight is 418 g/mol. The van der Waals surface area contributed by atoms with Crippen LogP contribution in [0.5, 0.6) is 11.5 Å². The fourth-order valence-corrected chi connectivity index (χ4v) is 2.60. The van der Waals surface area contributed by atoms with Crippen LogP contribution in [0.3, 0.4) is 0 Å². The lowest BCUT2D eigenvalue weighted by atomic mass is 10.1. The molecule has 2 rings (SSSR count). The summed E-state index contributed by atoms with van der Waals surface area (Å²) in [5, 5.41) is 0. The minimum atomic E-state index is -0.126. The number of amides is 1. The number of ether oxygens (including phenoxy) is 2.